The molecule has 1 saturated heterocycles. The molecule has 5 nitrogen and oxygen atoms in total. The summed E-state index contributed by atoms with van der Waals surface area (Å²) >= 11 is 0. The average molecular weight is 256 g/mol. The van der Waals surface area contributed by atoms with Crippen LogP contribution >= 0.6 is 0 Å². The van der Waals surface area contributed by atoms with Gasteiger partial charge in [0.1, 0.15) is 0 Å². The van der Waals surface area contributed by atoms with Crippen molar-refractivity contribution in [2.45, 2.75) is 32.7 Å². The van der Waals surface area contributed by atoms with Gasteiger partial charge in [0.15, 0.2) is 0 Å². The van der Waals surface area contributed by atoms with Crippen molar-refractivity contribution in [3.05, 3.63) is 0 Å². The molecular weight excluding hydrogens is 228 g/mol. The summed E-state index contributed by atoms with van der Waals surface area (Å²) in [4.78, 5) is 16.3. The molecule has 0 aromatic rings. The van der Waals surface area contributed by atoms with Gasteiger partial charge in [-0.1, -0.05) is 0 Å². The van der Waals surface area contributed by atoms with Gasteiger partial charge < -0.3 is 16.0 Å². The Bertz CT molecular complexity index is 237. The molecule has 106 valence electrons. The Labute approximate surface area is 111 Å². The van der Waals surface area contributed by atoms with Crippen LogP contribution in [-0.4, -0.2) is 67.6 Å². The number of nitrogens with one attached hydrogen (secondary N) is 1. The van der Waals surface area contributed by atoms with Gasteiger partial charge in [-0.05, 0) is 39.8 Å². The molecule has 0 saturated carbocycles. The van der Waals surface area contributed by atoms with E-state index >= 15 is 0 Å². The molecular formula is C13H28N4O. The maximum Gasteiger partial charge on any atom is 0.234 e. The zero-order chi connectivity index (χ0) is 13.4. The van der Waals surface area contributed by atoms with Crippen molar-refractivity contribution in [3.63, 3.8) is 0 Å². The zero-order valence-electron chi connectivity index (χ0n) is 11.8. The molecule has 18 heavy (non-hydrogen) atoms. The molecule has 3 N–H and O–H groups in total. The SMILES string of the molecule is CC(C)NC(=O)CN1CCN(CCCCN)CC1. The molecule has 0 aromatic heterocycles. The Hall–Kier alpha value is -0.650. The average Bonchev–Trinajstić information content (AvgIpc) is 2.30. The molecule has 1 aliphatic rings. The fourth-order valence-corrected chi connectivity index (χ4v) is 2.22. The number of nitrogens with zero attached hydrogens (tertiary/aromatic N) is 2. The number of piperazine rings is 1. The Balaban J connectivity index is 2.13. The van der Waals surface area contributed by atoms with Crippen molar-refractivity contribution in [1.29, 1.82) is 0 Å². The predicted octanol–water partition coefficient (Wildman–Crippen LogP) is -0.132. The Morgan fingerprint density at radius 3 is 2.33 bits per heavy atom. The quantitative estimate of drug-likeness (QED) is 0.623. The minimum Gasteiger partial charge on any atom is -0.353 e. The molecule has 1 fully saturated rings. The number of hydrogen-bond acceptors (Lipinski definition) is 4. The van der Waals surface area contributed by atoms with E-state index in [2.05, 4.69) is 15.1 Å². The van der Waals surface area contributed by atoms with E-state index in [0.717, 1.165) is 45.7 Å². The molecule has 0 aromatic carbocycles. The molecule has 0 aliphatic carbocycles. The van der Waals surface area contributed by atoms with Crippen LogP contribution in [0.3, 0.4) is 0 Å². The Kier molecular flexibility index (Phi) is 7.23. The van der Waals surface area contributed by atoms with Gasteiger partial charge in [0.2, 0.25) is 5.91 Å². The first kappa shape index (κ1) is 15.4. The van der Waals surface area contributed by atoms with Crippen LogP contribution in [-0.2, 0) is 4.79 Å². The molecule has 1 aliphatic heterocycles. The summed E-state index contributed by atoms with van der Waals surface area (Å²) in [5.74, 6) is 0.140. The van der Waals surface area contributed by atoms with Crippen LogP contribution < -0.4 is 11.1 Å². The fourth-order valence-electron chi connectivity index (χ4n) is 2.22. The van der Waals surface area contributed by atoms with E-state index in [9.17, 15) is 4.79 Å². The number of nitrogens with two attached hydrogens (primary N) is 1. The minimum atomic E-state index is 0.140. The third-order valence-corrected chi connectivity index (χ3v) is 3.21. The van der Waals surface area contributed by atoms with E-state index in [1.165, 1.54) is 6.42 Å². The summed E-state index contributed by atoms with van der Waals surface area (Å²) in [6.45, 7) is 10.6. The van der Waals surface area contributed by atoms with Crippen LogP contribution in [0.15, 0.2) is 0 Å². The first-order valence-electron chi connectivity index (χ1n) is 7.06. The van der Waals surface area contributed by atoms with Crippen LogP contribution in [0.2, 0.25) is 0 Å². The lowest BCUT2D eigenvalue weighted by Crippen LogP contribution is -2.50. The number of carbonyl (C=O) groups is 1. The molecule has 0 radical (unpaired) electrons. The highest BCUT2D eigenvalue weighted by Crippen LogP contribution is 2.03. The predicted molar refractivity (Wildman–Crippen MR) is 74.4 cm³/mol. The maximum absolute atomic E-state index is 11.6. The lowest BCUT2D eigenvalue weighted by molar-refractivity contribution is -0.123. The van der Waals surface area contributed by atoms with E-state index in [1.807, 2.05) is 13.8 Å². The van der Waals surface area contributed by atoms with Gasteiger partial charge in [0.05, 0.1) is 6.54 Å². The topological polar surface area (TPSA) is 61.6 Å². The van der Waals surface area contributed by atoms with Crippen molar-refractivity contribution < 1.29 is 4.79 Å². The molecule has 1 heterocycles. The van der Waals surface area contributed by atoms with E-state index in [-0.39, 0.29) is 11.9 Å². The normalized spacial score (nSPS) is 18.2. The monoisotopic (exact) mass is 256 g/mol. The van der Waals surface area contributed by atoms with Gasteiger partial charge in [-0.3, -0.25) is 9.69 Å². The maximum atomic E-state index is 11.6. The minimum absolute atomic E-state index is 0.140. The molecule has 5 heteroatoms. The van der Waals surface area contributed by atoms with Gasteiger partial charge in [-0.2, -0.15) is 0 Å². The third-order valence-electron chi connectivity index (χ3n) is 3.21. The second kappa shape index (κ2) is 8.45. The smallest absolute Gasteiger partial charge is 0.234 e. The van der Waals surface area contributed by atoms with Crippen molar-refractivity contribution in [3.8, 4) is 0 Å². The summed E-state index contributed by atoms with van der Waals surface area (Å²) in [5, 5.41) is 2.94. The van der Waals surface area contributed by atoms with E-state index < -0.39 is 0 Å². The largest absolute Gasteiger partial charge is 0.353 e. The van der Waals surface area contributed by atoms with Crippen molar-refractivity contribution in [2.24, 2.45) is 5.73 Å². The van der Waals surface area contributed by atoms with Crippen molar-refractivity contribution in [1.82, 2.24) is 15.1 Å². The van der Waals surface area contributed by atoms with E-state index in [1.54, 1.807) is 0 Å². The zero-order valence-corrected chi connectivity index (χ0v) is 11.8. The van der Waals surface area contributed by atoms with Gasteiger partial charge in [0.25, 0.3) is 0 Å². The highest BCUT2D eigenvalue weighted by Gasteiger charge is 2.18. The number of amides is 1. The molecule has 0 bridgehead atoms. The number of hydrogen-bond donors (Lipinski definition) is 2. The van der Waals surface area contributed by atoms with Crippen molar-refractivity contribution >= 4 is 5.91 Å². The fraction of sp³-hybridized carbons (Fsp3) is 0.923. The highest BCUT2D eigenvalue weighted by atomic mass is 16.2. The number of carbonyl (C=O) groups excluding carboxylic acids is 1. The second-order valence-electron chi connectivity index (χ2n) is 5.34. The Morgan fingerprint density at radius 2 is 1.78 bits per heavy atom. The van der Waals surface area contributed by atoms with Crippen LogP contribution in [0.4, 0.5) is 0 Å². The molecule has 1 rings (SSSR count). The Morgan fingerprint density at radius 1 is 1.17 bits per heavy atom. The summed E-state index contributed by atoms with van der Waals surface area (Å²) in [6, 6.07) is 0.232. The second-order valence-corrected chi connectivity index (χ2v) is 5.34. The van der Waals surface area contributed by atoms with Gasteiger partial charge in [-0.15, -0.1) is 0 Å². The van der Waals surface area contributed by atoms with Crippen molar-refractivity contribution in [2.75, 3.05) is 45.8 Å². The molecule has 0 unspecified atom stereocenters. The van der Waals surface area contributed by atoms with Crippen LogP contribution in [0, 0.1) is 0 Å². The standard InChI is InChI=1S/C13H28N4O/c1-12(2)15-13(18)11-17-9-7-16(8-10-17)6-4-3-5-14/h12H,3-11,14H2,1-2H3,(H,15,18). The number of rotatable bonds is 7. The summed E-state index contributed by atoms with van der Waals surface area (Å²) in [5.41, 5.74) is 5.49. The van der Waals surface area contributed by atoms with Gasteiger partial charge in [-0.25, -0.2) is 0 Å². The first-order chi connectivity index (χ1) is 8.61. The highest BCUT2D eigenvalue weighted by molar-refractivity contribution is 5.78. The van der Waals surface area contributed by atoms with Crippen LogP contribution in [0.1, 0.15) is 26.7 Å². The van der Waals surface area contributed by atoms with E-state index in [4.69, 9.17) is 5.73 Å². The van der Waals surface area contributed by atoms with E-state index in [0.29, 0.717) is 6.54 Å². The van der Waals surface area contributed by atoms with Crippen LogP contribution in [0.25, 0.3) is 0 Å². The van der Waals surface area contributed by atoms with Gasteiger partial charge >= 0.3 is 0 Å². The summed E-state index contributed by atoms with van der Waals surface area (Å²) in [6.07, 6.45) is 2.29. The number of unbranched alkanes of at least 4 members (excludes halogenated alkanes) is 1. The third kappa shape index (κ3) is 6.33. The first-order valence-corrected chi connectivity index (χ1v) is 7.06. The van der Waals surface area contributed by atoms with Crippen LogP contribution in [0.5, 0.6) is 0 Å². The summed E-state index contributed by atoms with van der Waals surface area (Å²) in [7, 11) is 0. The lowest BCUT2D eigenvalue weighted by atomic mass is 10.2. The molecule has 0 spiro atoms. The molecule has 1 amide bonds. The molecule has 0 atom stereocenters. The summed E-state index contributed by atoms with van der Waals surface area (Å²) < 4.78 is 0. The van der Waals surface area contributed by atoms with Gasteiger partial charge in [0, 0.05) is 32.2 Å². The lowest BCUT2D eigenvalue weighted by Gasteiger charge is -2.34.